The lowest BCUT2D eigenvalue weighted by Gasteiger charge is -2.31. The summed E-state index contributed by atoms with van der Waals surface area (Å²) in [6, 6.07) is 27.6. The highest BCUT2D eigenvalue weighted by Crippen LogP contribution is 2.40. The largest absolute Gasteiger partial charge is 0.461 e. The first-order valence-corrected chi connectivity index (χ1v) is 11.5. The van der Waals surface area contributed by atoms with E-state index in [9.17, 15) is 9.59 Å². The number of esters is 1. The normalized spacial score (nSPS) is 19.2. The number of likely N-dealkylation sites (tertiary alicyclic amines) is 1. The first kappa shape index (κ1) is 22.7. The number of ether oxygens (including phenoxy) is 1. The minimum absolute atomic E-state index is 0.208. The number of hydrogen-bond donors (Lipinski definition) is 1. The zero-order valence-electron chi connectivity index (χ0n) is 18.9. The van der Waals surface area contributed by atoms with Gasteiger partial charge in [0.15, 0.2) is 0 Å². The van der Waals surface area contributed by atoms with Crippen LogP contribution in [0.1, 0.15) is 51.1 Å². The van der Waals surface area contributed by atoms with Gasteiger partial charge in [0.05, 0.1) is 5.56 Å². The van der Waals surface area contributed by atoms with Gasteiger partial charge in [0.25, 0.3) is 0 Å². The van der Waals surface area contributed by atoms with Gasteiger partial charge in [-0.15, -0.1) is 0 Å². The Bertz CT molecular complexity index is 1070. The zero-order valence-corrected chi connectivity index (χ0v) is 18.9. The SMILES string of the molecule is C[C@H]1[C@H]([C@@H](c2ccccc2)c2ccc(C(N)=O)cc2)CCN1CCOC(=O)c1ccccc1. The van der Waals surface area contributed by atoms with E-state index in [4.69, 9.17) is 10.5 Å². The minimum Gasteiger partial charge on any atom is -0.461 e. The van der Waals surface area contributed by atoms with Gasteiger partial charge in [-0.25, -0.2) is 4.79 Å². The number of rotatable bonds is 8. The third kappa shape index (κ3) is 5.32. The van der Waals surface area contributed by atoms with E-state index in [0.717, 1.165) is 13.0 Å². The first-order chi connectivity index (χ1) is 16.0. The van der Waals surface area contributed by atoms with Gasteiger partial charge in [0.1, 0.15) is 6.61 Å². The highest BCUT2D eigenvalue weighted by atomic mass is 16.5. The lowest BCUT2D eigenvalue weighted by atomic mass is 9.77. The molecule has 0 saturated carbocycles. The van der Waals surface area contributed by atoms with Crippen molar-refractivity contribution in [1.82, 2.24) is 4.90 Å². The molecule has 3 aromatic carbocycles. The number of hydrogen-bond acceptors (Lipinski definition) is 4. The average molecular weight is 443 g/mol. The van der Waals surface area contributed by atoms with E-state index >= 15 is 0 Å². The van der Waals surface area contributed by atoms with Crippen molar-refractivity contribution in [1.29, 1.82) is 0 Å². The van der Waals surface area contributed by atoms with Crippen molar-refractivity contribution in [3.63, 3.8) is 0 Å². The number of nitrogens with two attached hydrogens (primary N) is 1. The van der Waals surface area contributed by atoms with Crippen LogP contribution in [0.5, 0.6) is 0 Å². The topological polar surface area (TPSA) is 72.6 Å². The van der Waals surface area contributed by atoms with E-state index < -0.39 is 5.91 Å². The molecular weight excluding hydrogens is 412 g/mol. The number of carbonyl (C=O) groups excluding carboxylic acids is 2. The highest BCUT2D eigenvalue weighted by Gasteiger charge is 2.37. The van der Waals surface area contributed by atoms with Crippen molar-refractivity contribution >= 4 is 11.9 Å². The van der Waals surface area contributed by atoms with Crippen molar-refractivity contribution in [3.05, 3.63) is 107 Å². The fourth-order valence-electron chi connectivity index (χ4n) is 4.91. The van der Waals surface area contributed by atoms with Crippen molar-refractivity contribution in [3.8, 4) is 0 Å². The maximum Gasteiger partial charge on any atom is 0.338 e. The smallest absolute Gasteiger partial charge is 0.338 e. The van der Waals surface area contributed by atoms with Gasteiger partial charge in [0, 0.05) is 24.1 Å². The quantitative estimate of drug-likeness (QED) is 0.522. The molecule has 0 aromatic heterocycles. The van der Waals surface area contributed by atoms with Crippen LogP contribution in [-0.2, 0) is 4.74 Å². The Labute approximate surface area is 195 Å². The second-order valence-corrected chi connectivity index (χ2v) is 8.61. The molecule has 2 N–H and O–H groups in total. The van der Waals surface area contributed by atoms with Gasteiger partial charge in [-0.05, 0) is 61.2 Å². The Balaban J connectivity index is 1.46. The second-order valence-electron chi connectivity index (χ2n) is 8.61. The molecule has 1 aliphatic rings. The Kier molecular flexibility index (Phi) is 7.20. The maximum atomic E-state index is 12.2. The summed E-state index contributed by atoms with van der Waals surface area (Å²) >= 11 is 0. The maximum absolute atomic E-state index is 12.2. The number of primary amides is 1. The van der Waals surface area contributed by atoms with E-state index in [1.165, 1.54) is 11.1 Å². The Morgan fingerprint density at radius 1 is 0.909 bits per heavy atom. The van der Waals surface area contributed by atoms with E-state index in [1.807, 2.05) is 48.5 Å². The molecule has 0 spiro atoms. The molecule has 1 amide bonds. The molecule has 1 heterocycles. The molecule has 5 heteroatoms. The van der Waals surface area contributed by atoms with Crippen LogP contribution in [0.25, 0.3) is 0 Å². The molecule has 33 heavy (non-hydrogen) atoms. The Morgan fingerprint density at radius 2 is 1.52 bits per heavy atom. The number of nitrogens with zero attached hydrogens (tertiary/aromatic N) is 1. The molecule has 3 atom stereocenters. The predicted molar refractivity (Wildman–Crippen MR) is 129 cm³/mol. The molecule has 0 aliphatic carbocycles. The monoisotopic (exact) mass is 442 g/mol. The van der Waals surface area contributed by atoms with Crippen LogP contribution in [0.15, 0.2) is 84.9 Å². The molecule has 0 bridgehead atoms. The number of carbonyl (C=O) groups is 2. The van der Waals surface area contributed by atoms with Crippen molar-refractivity contribution in [2.45, 2.75) is 25.3 Å². The van der Waals surface area contributed by atoms with Gasteiger partial charge in [0.2, 0.25) is 5.91 Å². The predicted octanol–water partition coefficient (Wildman–Crippen LogP) is 4.48. The Morgan fingerprint density at radius 3 is 2.15 bits per heavy atom. The molecule has 0 radical (unpaired) electrons. The first-order valence-electron chi connectivity index (χ1n) is 11.5. The van der Waals surface area contributed by atoms with E-state index in [-0.39, 0.29) is 11.9 Å². The van der Waals surface area contributed by atoms with Gasteiger partial charge < -0.3 is 10.5 Å². The van der Waals surface area contributed by atoms with E-state index in [1.54, 1.807) is 12.1 Å². The van der Waals surface area contributed by atoms with E-state index in [2.05, 4.69) is 36.1 Å². The van der Waals surface area contributed by atoms with Crippen molar-refractivity contribution in [2.75, 3.05) is 19.7 Å². The molecule has 5 nitrogen and oxygen atoms in total. The molecular formula is C28H30N2O3. The molecule has 3 aromatic rings. The van der Waals surface area contributed by atoms with Crippen LogP contribution in [0.2, 0.25) is 0 Å². The fourth-order valence-corrected chi connectivity index (χ4v) is 4.91. The van der Waals surface area contributed by atoms with Crippen LogP contribution < -0.4 is 5.73 Å². The molecule has 1 aliphatic heterocycles. The van der Waals surface area contributed by atoms with Crippen LogP contribution in [0.4, 0.5) is 0 Å². The molecule has 170 valence electrons. The van der Waals surface area contributed by atoms with Crippen molar-refractivity contribution < 1.29 is 14.3 Å². The summed E-state index contributed by atoms with van der Waals surface area (Å²) in [7, 11) is 0. The van der Waals surface area contributed by atoms with E-state index in [0.29, 0.717) is 36.2 Å². The highest BCUT2D eigenvalue weighted by molar-refractivity contribution is 5.92. The summed E-state index contributed by atoms with van der Waals surface area (Å²) in [6.45, 7) is 4.29. The Hall–Kier alpha value is -3.44. The van der Waals surface area contributed by atoms with Gasteiger partial charge >= 0.3 is 5.97 Å². The van der Waals surface area contributed by atoms with Crippen molar-refractivity contribution in [2.24, 2.45) is 11.7 Å². The van der Waals surface area contributed by atoms with Crippen LogP contribution in [0, 0.1) is 5.92 Å². The van der Waals surface area contributed by atoms with Gasteiger partial charge in [-0.1, -0.05) is 60.7 Å². The molecule has 0 unspecified atom stereocenters. The third-order valence-electron chi connectivity index (χ3n) is 6.71. The van der Waals surface area contributed by atoms with Crippen LogP contribution in [0.3, 0.4) is 0 Å². The average Bonchev–Trinajstić information content (AvgIpc) is 3.20. The summed E-state index contributed by atoms with van der Waals surface area (Å²) in [5, 5.41) is 0. The van der Waals surface area contributed by atoms with Gasteiger partial charge in [-0.2, -0.15) is 0 Å². The minimum atomic E-state index is -0.414. The summed E-state index contributed by atoms with van der Waals surface area (Å²) in [5.41, 5.74) is 8.98. The summed E-state index contributed by atoms with van der Waals surface area (Å²) in [5.74, 6) is -0.0874. The number of benzene rings is 3. The summed E-state index contributed by atoms with van der Waals surface area (Å²) in [6.07, 6.45) is 1.05. The van der Waals surface area contributed by atoms with Crippen LogP contribution >= 0.6 is 0 Å². The second kappa shape index (κ2) is 10.5. The number of amides is 1. The fraction of sp³-hybridized carbons (Fsp3) is 0.286. The van der Waals surface area contributed by atoms with Gasteiger partial charge in [-0.3, -0.25) is 9.69 Å². The molecule has 1 saturated heterocycles. The molecule has 4 rings (SSSR count). The lowest BCUT2D eigenvalue weighted by Crippen LogP contribution is -2.35. The zero-order chi connectivity index (χ0) is 23.2. The third-order valence-corrected chi connectivity index (χ3v) is 6.71. The standard InChI is InChI=1S/C28H30N2O3/c1-20-25(16-17-30(20)18-19-33-28(32)24-10-6-3-7-11-24)26(21-8-4-2-5-9-21)22-12-14-23(15-13-22)27(29)31/h2-15,20,25-26H,16-19H2,1H3,(H2,29,31)/t20-,25+,26-/m0/s1. The molecule has 1 fully saturated rings. The van der Waals surface area contributed by atoms with Crippen LogP contribution in [-0.4, -0.2) is 42.5 Å². The lowest BCUT2D eigenvalue weighted by molar-refractivity contribution is 0.0453. The summed E-state index contributed by atoms with van der Waals surface area (Å²) in [4.78, 5) is 26.2. The summed E-state index contributed by atoms with van der Waals surface area (Å²) < 4.78 is 5.51.